The first kappa shape index (κ1) is 21.0. The summed E-state index contributed by atoms with van der Waals surface area (Å²) in [4.78, 5) is 26.6. The number of piperidine rings is 1. The van der Waals surface area contributed by atoms with Gasteiger partial charge in [-0.15, -0.1) is 0 Å². The van der Waals surface area contributed by atoms with Crippen LogP contribution in [0.1, 0.15) is 33.1 Å². The van der Waals surface area contributed by atoms with E-state index in [0.29, 0.717) is 23.7 Å². The summed E-state index contributed by atoms with van der Waals surface area (Å²) in [7, 11) is 3.13. The third-order valence-electron chi connectivity index (χ3n) is 4.99. The van der Waals surface area contributed by atoms with Gasteiger partial charge >= 0.3 is 0 Å². The highest BCUT2D eigenvalue weighted by atomic mass is 16.5. The number of methoxy groups -OCH3 is 2. The molecule has 1 unspecified atom stereocenters. The molecule has 0 spiro atoms. The average Bonchev–Trinajstić information content (AvgIpc) is 2.68. The van der Waals surface area contributed by atoms with Crippen LogP contribution in [-0.2, 0) is 9.59 Å². The Labute approximate surface area is 161 Å². The Morgan fingerprint density at radius 3 is 2.44 bits per heavy atom. The largest absolute Gasteiger partial charge is 0.493 e. The first-order valence-corrected chi connectivity index (χ1v) is 9.51. The van der Waals surface area contributed by atoms with Crippen molar-refractivity contribution >= 4 is 17.5 Å². The highest BCUT2D eigenvalue weighted by Crippen LogP contribution is 2.29. The molecule has 0 aromatic heterocycles. The van der Waals surface area contributed by atoms with Gasteiger partial charge in [0, 0.05) is 23.7 Å². The molecule has 2 amide bonds. The summed E-state index contributed by atoms with van der Waals surface area (Å²) in [6.07, 6.45) is 2.50. The Morgan fingerprint density at radius 1 is 1.19 bits per heavy atom. The molecule has 7 heteroatoms. The third-order valence-corrected chi connectivity index (χ3v) is 4.99. The smallest absolute Gasteiger partial charge is 0.238 e. The molecule has 0 aliphatic carbocycles. The maximum Gasteiger partial charge on any atom is 0.238 e. The number of anilines is 1. The van der Waals surface area contributed by atoms with Crippen molar-refractivity contribution in [3.05, 3.63) is 18.2 Å². The van der Waals surface area contributed by atoms with Gasteiger partial charge in [0.2, 0.25) is 11.8 Å². The van der Waals surface area contributed by atoms with Crippen LogP contribution in [0.15, 0.2) is 18.2 Å². The van der Waals surface area contributed by atoms with Crippen molar-refractivity contribution in [2.24, 2.45) is 5.92 Å². The second kappa shape index (κ2) is 10.2. The van der Waals surface area contributed by atoms with E-state index in [9.17, 15) is 9.59 Å². The van der Waals surface area contributed by atoms with E-state index in [-0.39, 0.29) is 23.8 Å². The van der Waals surface area contributed by atoms with Crippen molar-refractivity contribution in [1.29, 1.82) is 0 Å². The molecule has 0 bridgehead atoms. The topological polar surface area (TPSA) is 79.9 Å². The fourth-order valence-electron chi connectivity index (χ4n) is 3.13. The van der Waals surface area contributed by atoms with E-state index in [2.05, 4.69) is 22.5 Å². The van der Waals surface area contributed by atoms with Gasteiger partial charge in [0.15, 0.2) is 11.5 Å². The maximum absolute atomic E-state index is 12.3. The Kier molecular flexibility index (Phi) is 7.91. The molecular weight excluding hydrogens is 346 g/mol. The van der Waals surface area contributed by atoms with Gasteiger partial charge in [-0.05, 0) is 51.4 Å². The van der Waals surface area contributed by atoms with Gasteiger partial charge in [-0.2, -0.15) is 0 Å². The molecule has 27 heavy (non-hydrogen) atoms. The molecule has 1 heterocycles. The lowest BCUT2D eigenvalue weighted by Gasteiger charge is -2.31. The van der Waals surface area contributed by atoms with Crippen molar-refractivity contribution in [3.63, 3.8) is 0 Å². The molecule has 1 saturated heterocycles. The van der Waals surface area contributed by atoms with Gasteiger partial charge in [-0.1, -0.05) is 6.92 Å². The molecule has 0 saturated carbocycles. The summed E-state index contributed by atoms with van der Waals surface area (Å²) in [5.74, 6) is 1.30. The predicted molar refractivity (Wildman–Crippen MR) is 105 cm³/mol. The lowest BCUT2D eigenvalue weighted by Crippen LogP contribution is -2.44. The van der Waals surface area contributed by atoms with Crippen LogP contribution in [0, 0.1) is 5.92 Å². The monoisotopic (exact) mass is 377 g/mol. The van der Waals surface area contributed by atoms with Crippen molar-refractivity contribution in [1.82, 2.24) is 10.2 Å². The predicted octanol–water partition coefficient (Wildman–Crippen LogP) is 2.27. The third kappa shape index (κ3) is 6.13. The van der Waals surface area contributed by atoms with Crippen LogP contribution in [0.2, 0.25) is 0 Å². The molecule has 2 rings (SSSR count). The van der Waals surface area contributed by atoms with Crippen LogP contribution in [0.4, 0.5) is 5.69 Å². The number of amides is 2. The molecular formula is C20H31N3O4. The Hall–Kier alpha value is -2.28. The molecule has 0 radical (unpaired) electrons. The summed E-state index contributed by atoms with van der Waals surface area (Å²) >= 11 is 0. The zero-order chi connectivity index (χ0) is 19.8. The van der Waals surface area contributed by atoms with E-state index in [4.69, 9.17) is 9.47 Å². The molecule has 7 nitrogen and oxygen atoms in total. The molecule has 1 aromatic rings. The summed E-state index contributed by atoms with van der Waals surface area (Å²) in [5, 5.41) is 5.94. The second-order valence-electron chi connectivity index (χ2n) is 6.99. The summed E-state index contributed by atoms with van der Waals surface area (Å²) in [5.41, 5.74) is 0.667. The molecule has 1 fully saturated rings. The van der Waals surface area contributed by atoms with Crippen molar-refractivity contribution in [2.45, 2.75) is 39.2 Å². The van der Waals surface area contributed by atoms with Gasteiger partial charge in [0.25, 0.3) is 0 Å². The number of hydrogen-bond acceptors (Lipinski definition) is 5. The Bertz CT molecular complexity index is 642. The van der Waals surface area contributed by atoms with E-state index in [1.807, 2.05) is 6.92 Å². The van der Waals surface area contributed by atoms with Gasteiger partial charge in [-0.3, -0.25) is 14.5 Å². The van der Waals surface area contributed by atoms with Crippen LogP contribution in [0.25, 0.3) is 0 Å². The van der Waals surface area contributed by atoms with E-state index >= 15 is 0 Å². The Balaban J connectivity index is 1.80. The minimum Gasteiger partial charge on any atom is -0.493 e. The van der Waals surface area contributed by atoms with Crippen LogP contribution < -0.4 is 20.1 Å². The molecule has 1 atom stereocenters. The van der Waals surface area contributed by atoms with E-state index in [0.717, 1.165) is 32.4 Å². The number of rotatable bonds is 8. The van der Waals surface area contributed by atoms with Crippen molar-refractivity contribution in [2.75, 3.05) is 39.2 Å². The lowest BCUT2D eigenvalue weighted by atomic mass is 9.95. The van der Waals surface area contributed by atoms with Crippen LogP contribution in [0.5, 0.6) is 11.5 Å². The average molecular weight is 377 g/mol. The van der Waals surface area contributed by atoms with Gasteiger partial charge in [0.1, 0.15) is 0 Å². The number of likely N-dealkylation sites (tertiary alicyclic amines) is 1. The number of nitrogens with zero attached hydrogens (tertiary/aromatic N) is 1. The molecule has 1 aliphatic rings. The summed E-state index contributed by atoms with van der Waals surface area (Å²) < 4.78 is 10.5. The highest BCUT2D eigenvalue weighted by Gasteiger charge is 2.26. The van der Waals surface area contributed by atoms with E-state index in [1.165, 1.54) is 0 Å². The number of nitrogens with one attached hydrogen (secondary N) is 2. The standard InChI is InChI=1S/C20H31N3O4/c1-5-14(2)21-20(25)15-8-10-23(11-9-15)13-19(24)22-16-6-7-17(26-3)18(12-16)27-4/h6-7,12,14-15H,5,8-11,13H2,1-4H3,(H,21,25)(H,22,24). The number of benzene rings is 1. The first-order chi connectivity index (χ1) is 13.0. The lowest BCUT2D eigenvalue weighted by molar-refractivity contribution is -0.127. The van der Waals surface area contributed by atoms with E-state index < -0.39 is 0 Å². The van der Waals surface area contributed by atoms with Gasteiger partial charge < -0.3 is 20.1 Å². The minimum atomic E-state index is -0.0790. The number of hydrogen-bond donors (Lipinski definition) is 2. The van der Waals surface area contributed by atoms with Gasteiger partial charge in [0.05, 0.1) is 20.8 Å². The fraction of sp³-hybridized carbons (Fsp3) is 0.600. The maximum atomic E-state index is 12.3. The van der Waals surface area contributed by atoms with Crippen LogP contribution >= 0.6 is 0 Å². The van der Waals surface area contributed by atoms with E-state index in [1.54, 1.807) is 32.4 Å². The van der Waals surface area contributed by atoms with Crippen molar-refractivity contribution in [3.8, 4) is 11.5 Å². The quantitative estimate of drug-likeness (QED) is 0.726. The molecule has 1 aliphatic heterocycles. The summed E-state index contributed by atoms with van der Waals surface area (Å²) in [6, 6.07) is 5.49. The highest BCUT2D eigenvalue weighted by molar-refractivity contribution is 5.92. The van der Waals surface area contributed by atoms with Crippen LogP contribution in [0.3, 0.4) is 0 Å². The number of ether oxygens (including phenoxy) is 2. The van der Waals surface area contributed by atoms with Crippen molar-refractivity contribution < 1.29 is 19.1 Å². The summed E-state index contributed by atoms with van der Waals surface area (Å²) in [6.45, 7) is 5.89. The van der Waals surface area contributed by atoms with Crippen LogP contribution in [-0.4, -0.2) is 56.6 Å². The molecule has 2 N–H and O–H groups in total. The minimum absolute atomic E-state index is 0.0455. The molecule has 1 aromatic carbocycles. The Morgan fingerprint density at radius 2 is 1.85 bits per heavy atom. The zero-order valence-electron chi connectivity index (χ0n) is 16.7. The second-order valence-corrected chi connectivity index (χ2v) is 6.99. The number of carbonyl (C=O) groups excluding carboxylic acids is 2. The molecule has 150 valence electrons. The fourth-order valence-corrected chi connectivity index (χ4v) is 3.13. The zero-order valence-corrected chi connectivity index (χ0v) is 16.7. The first-order valence-electron chi connectivity index (χ1n) is 9.51. The van der Waals surface area contributed by atoms with Gasteiger partial charge in [-0.25, -0.2) is 0 Å². The number of carbonyl (C=O) groups is 2. The SMILES string of the molecule is CCC(C)NC(=O)C1CCN(CC(=O)Nc2ccc(OC)c(OC)c2)CC1. The normalized spacial score (nSPS) is 16.4.